The average molecular weight is 182 g/mol. The first kappa shape index (κ1) is 9.47. The molecule has 1 N–H and O–H groups in total. The molecule has 1 saturated heterocycles. The quantitative estimate of drug-likeness (QED) is 0.693. The lowest BCUT2D eigenvalue weighted by Crippen LogP contribution is -2.57. The summed E-state index contributed by atoms with van der Waals surface area (Å²) in [7, 11) is 2.29. The third kappa shape index (κ3) is 2.05. The molecule has 0 aromatic rings. The zero-order chi connectivity index (χ0) is 9.42. The molecule has 0 spiro atoms. The van der Waals surface area contributed by atoms with Crippen LogP contribution in [0.15, 0.2) is 0 Å². The Morgan fingerprint density at radius 2 is 2.00 bits per heavy atom. The van der Waals surface area contributed by atoms with E-state index in [-0.39, 0.29) is 0 Å². The van der Waals surface area contributed by atoms with Crippen molar-refractivity contribution in [3.63, 3.8) is 0 Å². The summed E-state index contributed by atoms with van der Waals surface area (Å²) in [4.78, 5) is 2.57. The number of likely N-dealkylation sites (N-methyl/N-ethyl adjacent to an activating group) is 1. The van der Waals surface area contributed by atoms with E-state index < -0.39 is 0 Å². The van der Waals surface area contributed by atoms with Crippen LogP contribution in [0.4, 0.5) is 0 Å². The summed E-state index contributed by atoms with van der Waals surface area (Å²) in [5, 5.41) is 3.68. The summed E-state index contributed by atoms with van der Waals surface area (Å²) in [6.45, 7) is 7.06. The molecular formula is C11H22N2. The summed E-state index contributed by atoms with van der Waals surface area (Å²) in [6.07, 6.45) is 2.92. The molecule has 2 atom stereocenters. The Labute approximate surface area is 81.7 Å². The number of hydrogen-bond acceptors (Lipinski definition) is 2. The summed E-state index contributed by atoms with van der Waals surface area (Å²) in [6, 6.07) is 1.54. The van der Waals surface area contributed by atoms with E-state index in [1.807, 2.05) is 0 Å². The van der Waals surface area contributed by atoms with Gasteiger partial charge in [0.25, 0.3) is 0 Å². The molecule has 2 unspecified atom stereocenters. The van der Waals surface area contributed by atoms with Gasteiger partial charge in [0.2, 0.25) is 0 Å². The zero-order valence-corrected chi connectivity index (χ0v) is 9.09. The Morgan fingerprint density at radius 1 is 1.31 bits per heavy atom. The molecule has 2 rings (SSSR count). The second kappa shape index (κ2) is 3.58. The van der Waals surface area contributed by atoms with Gasteiger partial charge in [-0.2, -0.15) is 0 Å². The fourth-order valence-corrected chi connectivity index (χ4v) is 2.39. The molecule has 0 radical (unpaired) electrons. The number of rotatable bonds is 2. The van der Waals surface area contributed by atoms with Crippen LogP contribution >= 0.6 is 0 Å². The fourth-order valence-electron chi connectivity index (χ4n) is 2.39. The van der Waals surface area contributed by atoms with Crippen LogP contribution in [0, 0.1) is 11.8 Å². The van der Waals surface area contributed by atoms with Crippen LogP contribution in [0.3, 0.4) is 0 Å². The van der Waals surface area contributed by atoms with Crippen LogP contribution in [0.2, 0.25) is 0 Å². The molecule has 2 aliphatic rings. The van der Waals surface area contributed by atoms with Gasteiger partial charge in [0.1, 0.15) is 0 Å². The molecule has 13 heavy (non-hydrogen) atoms. The molecule has 76 valence electrons. The Balaban J connectivity index is 1.87. The minimum atomic E-state index is 0.708. The van der Waals surface area contributed by atoms with E-state index in [9.17, 15) is 0 Å². The van der Waals surface area contributed by atoms with Crippen molar-refractivity contribution >= 4 is 0 Å². The van der Waals surface area contributed by atoms with Crippen LogP contribution in [0.5, 0.6) is 0 Å². The van der Waals surface area contributed by atoms with Crippen molar-refractivity contribution in [1.82, 2.24) is 10.2 Å². The van der Waals surface area contributed by atoms with Crippen molar-refractivity contribution in [2.75, 3.05) is 20.1 Å². The van der Waals surface area contributed by atoms with Crippen LogP contribution in [-0.4, -0.2) is 37.1 Å². The molecule has 0 aromatic carbocycles. The Hall–Kier alpha value is -0.0800. The molecule has 0 amide bonds. The van der Waals surface area contributed by atoms with Crippen molar-refractivity contribution in [3.8, 4) is 0 Å². The molecule has 1 heterocycles. The second-order valence-electron chi connectivity index (χ2n) is 5.10. The summed E-state index contributed by atoms with van der Waals surface area (Å²) < 4.78 is 0. The van der Waals surface area contributed by atoms with Gasteiger partial charge in [-0.05, 0) is 31.7 Å². The van der Waals surface area contributed by atoms with Crippen LogP contribution in [0.25, 0.3) is 0 Å². The van der Waals surface area contributed by atoms with Gasteiger partial charge in [-0.25, -0.2) is 0 Å². The monoisotopic (exact) mass is 182 g/mol. The maximum atomic E-state index is 3.68. The Bertz CT molecular complexity index is 175. The molecule has 2 fully saturated rings. The van der Waals surface area contributed by atoms with E-state index in [1.165, 1.54) is 25.9 Å². The minimum absolute atomic E-state index is 0.708. The summed E-state index contributed by atoms with van der Waals surface area (Å²) in [5.41, 5.74) is 0. The summed E-state index contributed by atoms with van der Waals surface area (Å²) >= 11 is 0. The van der Waals surface area contributed by atoms with E-state index in [2.05, 4.69) is 31.1 Å². The first-order valence-corrected chi connectivity index (χ1v) is 5.62. The lowest BCUT2D eigenvalue weighted by Gasteiger charge is -2.40. The number of piperazine rings is 1. The van der Waals surface area contributed by atoms with Crippen molar-refractivity contribution < 1.29 is 0 Å². The van der Waals surface area contributed by atoms with E-state index in [0.29, 0.717) is 6.04 Å². The van der Waals surface area contributed by atoms with E-state index in [4.69, 9.17) is 0 Å². The van der Waals surface area contributed by atoms with Gasteiger partial charge in [-0.3, -0.25) is 0 Å². The lowest BCUT2D eigenvalue weighted by molar-refractivity contribution is 0.128. The second-order valence-corrected chi connectivity index (χ2v) is 5.10. The fraction of sp³-hybridized carbons (Fsp3) is 1.00. The Morgan fingerprint density at radius 3 is 2.46 bits per heavy atom. The van der Waals surface area contributed by atoms with E-state index >= 15 is 0 Å². The third-order valence-electron chi connectivity index (χ3n) is 3.61. The number of nitrogens with one attached hydrogen (secondary N) is 1. The number of hydrogen-bond donors (Lipinski definition) is 1. The van der Waals surface area contributed by atoms with Crippen molar-refractivity contribution in [3.05, 3.63) is 0 Å². The highest BCUT2D eigenvalue weighted by Crippen LogP contribution is 2.35. The highest BCUT2D eigenvalue weighted by Gasteiger charge is 2.37. The SMILES string of the molecule is CC(C)C1CN(C)C(C2CC2)CN1. The number of nitrogens with zero attached hydrogens (tertiary/aromatic N) is 1. The highest BCUT2D eigenvalue weighted by atomic mass is 15.2. The molecule has 2 heteroatoms. The molecular weight excluding hydrogens is 160 g/mol. The highest BCUT2D eigenvalue weighted by molar-refractivity contribution is 4.94. The summed E-state index contributed by atoms with van der Waals surface area (Å²) in [5.74, 6) is 1.77. The lowest BCUT2D eigenvalue weighted by atomic mass is 9.98. The molecule has 2 nitrogen and oxygen atoms in total. The molecule has 1 saturated carbocycles. The zero-order valence-electron chi connectivity index (χ0n) is 9.09. The van der Waals surface area contributed by atoms with E-state index in [0.717, 1.165) is 17.9 Å². The largest absolute Gasteiger partial charge is 0.311 e. The van der Waals surface area contributed by atoms with Crippen LogP contribution < -0.4 is 5.32 Å². The first-order chi connectivity index (χ1) is 6.18. The standard InChI is InChI=1S/C11H22N2/c1-8(2)10-7-13(3)11(6-12-10)9-4-5-9/h8-12H,4-7H2,1-3H3. The van der Waals surface area contributed by atoms with Gasteiger partial charge in [-0.1, -0.05) is 13.8 Å². The van der Waals surface area contributed by atoms with E-state index in [1.54, 1.807) is 0 Å². The smallest absolute Gasteiger partial charge is 0.0246 e. The van der Waals surface area contributed by atoms with Gasteiger partial charge >= 0.3 is 0 Å². The topological polar surface area (TPSA) is 15.3 Å². The predicted octanol–water partition coefficient (Wildman–Crippen LogP) is 1.32. The Kier molecular flexibility index (Phi) is 2.61. The predicted molar refractivity (Wildman–Crippen MR) is 55.8 cm³/mol. The van der Waals surface area contributed by atoms with Gasteiger partial charge in [-0.15, -0.1) is 0 Å². The van der Waals surface area contributed by atoms with Gasteiger partial charge in [0.05, 0.1) is 0 Å². The van der Waals surface area contributed by atoms with Gasteiger partial charge in [0, 0.05) is 25.2 Å². The molecule has 0 bridgehead atoms. The average Bonchev–Trinajstić information content (AvgIpc) is 2.87. The normalized spacial score (nSPS) is 36.9. The first-order valence-electron chi connectivity index (χ1n) is 5.62. The third-order valence-corrected chi connectivity index (χ3v) is 3.61. The van der Waals surface area contributed by atoms with Crippen molar-refractivity contribution in [2.45, 2.75) is 38.8 Å². The van der Waals surface area contributed by atoms with Crippen LogP contribution in [-0.2, 0) is 0 Å². The van der Waals surface area contributed by atoms with Gasteiger partial charge < -0.3 is 10.2 Å². The van der Waals surface area contributed by atoms with Crippen molar-refractivity contribution in [1.29, 1.82) is 0 Å². The molecule has 1 aliphatic carbocycles. The minimum Gasteiger partial charge on any atom is -0.311 e. The molecule has 0 aromatic heterocycles. The van der Waals surface area contributed by atoms with Crippen molar-refractivity contribution in [2.24, 2.45) is 11.8 Å². The van der Waals surface area contributed by atoms with Gasteiger partial charge in [0.15, 0.2) is 0 Å². The maximum absolute atomic E-state index is 3.68. The molecule has 1 aliphatic heterocycles. The maximum Gasteiger partial charge on any atom is 0.0246 e. The van der Waals surface area contributed by atoms with Crippen LogP contribution in [0.1, 0.15) is 26.7 Å².